The maximum Gasteiger partial charge on any atom is 0.406 e. The number of halogens is 3. The molecule has 1 aliphatic heterocycles. The van der Waals surface area contributed by atoms with E-state index in [2.05, 4.69) is 5.43 Å². The van der Waals surface area contributed by atoms with Crippen LogP contribution in [0.5, 0.6) is 0 Å². The summed E-state index contributed by atoms with van der Waals surface area (Å²) in [6.45, 7) is 1.87. The molecular weight excluding hydrogens is 173 g/mol. The van der Waals surface area contributed by atoms with E-state index in [4.69, 9.17) is 0 Å². The van der Waals surface area contributed by atoms with Gasteiger partial charge in [-0.25, -0.2) is 5.43 Å². The fourth-order valence-electron chi connectivity index (χ4n) is 1.05. The average molecular weight is 182 g/mol. The molecule has 0 aromatic rings. The molecule has 0 bridgehead atoms. The molecule has 0 aromatic carbocycles. The van der Waals surface area contributed by atoms with Gasteiger partial charge in [0.15, 0.2) is 0 Å². The molecule has 12 heavy (non-hydrogen) atoms. The van der Waals surface area contributed by atoms with Gasteiger partial charge in [0.1, 0.15) is 6.04 Å². The minimum absolute atomic E-state index is 0.255. The fourth-order valence-corrected chi connectivity index (χ4v) is 1.05. The molecule has 0 aromatic heterocycles. The zero-order valence-corrected chi connectivity index (χ0v) is 6.48. The van der Waals surface area contributed by atoms with Gasteiger partial charge in [-0.1, -0.05) is 0 Å². The lowest BCUT2D eigenvalue weighted by molar-refractivity contribution is -0.156. The molecule has 1 unspecified atom stereocenters. The standard InChI is InChI=1S/C6H9F3N2O/c1-2-11-5(12)3-4(10-11)6(7,8)9/h4,10H,2-3H2,1H3. The Bertz CT molecular complexity index is 192. The summed E-state index contributed by atoms with van der Waals surface area (Å²) in [6, 6.07) is -1.70. The molecule has 0 spiro atoms. The van der Waals surface area contributed by atoms with Crippen molar-refractivity contribution in [1.29, 1.82) is 0 Å². The average Bonchev–Trinajstić information content (AvgIpc) is 2.29. The highest BCUT2D eigenvalue weighted by Gasteiger charge is 2.46. The lowest BCUT2D eigenvalue weighted by atomic mass is 10.2. The van der Waals surface area contributed by atoms with Gasteiger partial charge < -0.3 is 0 Å². The summed E-state index contributed by atoms with van der Waals surface area (Å²) < 4.78 is 36.0. The summed E-state index contributed by atoms with van der Waals surface area (Å²) in [5.41, 5.74) is 2.09. The minimum Gasteiger partial charge on any atom is -0.278 e. The van der Waals surface area contributed by atoms with E-state index in [1.807, 2.05) is 0 Å². The number of nitrogens with zero attached hydrogens (tertiary/aromatic N) is 1. The monoisotopic (exact) mass is 182 g/mol. The van der Waals surface area contributed by atoms with Gasteiger partial charge in [0, 0.05) is 6.54 Å². The van der Waals surface area contributed by atoms with E-state index in [1.54, 1.807) is 6.92 Å². The van der Waals surface area contributed by atoms with Gasteiger partial charge in [-0.05, 0) is 6.92 Å². The summed E-state index contributed by atoms with van der Waals surface area (Å²) in [7, 11) is 0. The summed E-state index contributed by atoms with van der Waals surface area (Å²) in [6.07, 6.45) is -4.82. The van der Waals surface area contributed by atoms with Gasteiger partial charge in [0.05, 0.1) is 6.42 Å². The van der Waals surface area contributed by atoms with Crippen LogP contribution in [0, 0.1) is 0 Å². The number of carbonyl (C=O) groups excluding carboxylic acids is 1. The number of carbonyl (C=O) groups is 1. The van der Waals surface area contributed by atoms with Crippen LogP contribution >= 0.6 is 0 Å². The third-order valence-electron chi connectivity index (χ3n) is 1.70. The van der Waals surface area contributed by atoms with Crippen molar-refractivity contribution >= 4 is 5.91 Å². The molecule has 1 heterocycles. The summed E-state index contributed by atoms with van der Waals surface area (Å²) in [5, 5.41) is 0.984. The Labute approximate surface area is 67.5 Å². The van der Waals surface area contributed by atoms with Crippen molar-refractivity contribution in [3.8, 4) is 0 Å². The largest absolute Gasteiger partial charge is 0.406 e. The van der Waals surface area contributed by atoms with Gasteiger partial charge in [0.25, 0.3) is 0 Å². The molecule has 1 atom stereocenters. The van der Waals surface area contributed by atoms with Crippen molar-refractivity contribution in [2.75, 3.05) is 6.54 Å². The van der Waals surface area contributed by atoms with E-state index in [9.17, 15) is 18.0 Å². The molecule has 6 heteroatoms. The zero-order chi connectivity index (χ0) is 9.35. The van der Waals surface area contributed by atoms with Crippen LogP contribution in [0.4, 0.5) is 13.2 Å². The van der Waals surface area contributed by atoms with Crippen LogP contribution in [0.3, 0.4) is 0 Å². The van der Waals surface area contributed by atoms with E-state index in [1.165, 1.54) is 0 Å². The van der Waals surface area contributed by atoms with Crippen molar-refractivity contribution in [3.63, 3.8) is 0 Å². The van der Waals surface area contributed by atoms with E-state index in [0.29, 0.717) is 0 Å². The fraction of sp³-hybridized carbons (Fsp3) is 0.833. The first-order valence-electron chi connectivity index (χ1n) is 3.58. The van der Waals surface area contributed by atoms with Gasteiger partial charge in [-0.15, -0.1) is 0 Å². The maximum atomic E-state index is 12.0. The Morgan fingerprint density at radius 1 is 1.67 bits per heavy atom. The molecular formula is C6H9F3N2O. The minimum atomic E-state index is -4.33. The molecule has 1 rings (SSSR count). The Morgan fingerprint density at radius 2 is 2.25 bits per heavy atom. The SMILES string of the molecule is CCN1NC(C(F)(F)F)CC1=O. The second-order valence-corrected chi connectivity index (χ2v) is 2.57. The van der Waals surface area contributed by atoms with Crippen LogP contribution in [0.25, 0.3) is 0 Å². The predicted molar refractivity (Wildman–Crippen MR) is 35.0 cm³/mol. The van der Waals surface area contributed by atoms with Crippen LogP contribution in [0.15, 0.2) is 0 Å². The van der Waals surface area contributed by atoms with Crippen molar-refractivity contribution in [3.05, 3.63) is 0 Å². The molecule has 1 amide bonds. The van der Waals surface area contributed by atoms with E-state index < -0.39 is 24.5 Å². The number of rotatable bonds is 1. The molecule has 0 saturated carbocycles. The van der Waals surface area contributed by atoms with Gasteiger partial charge >= 0.3 is 6.18 Å². The molecule has 1 aliphatic rings. The molecule has 1 saturated heterocycles. The number of hydrogen-bond donors (Lipinski definition) is 1. The quantitative estimate of drug-likeness (QED) is 0.646. The van der Waals surface area contributed by atoms with Crippen molar-refractivity contribution in [2.24, 2.45) is 0 Å². The Morgan fingerprint density at radius 3 is 2.50 bits per heavy atom. The Hall–Kier alpha value is -0.780. The van der Waals surface area contributed by atoms with Gasteiger partial charge in [0.2, 0.25) is 5.91 Å². The predicted octanol–water partition coefficient (Wildman–Crippen LogP) is 0.674. The third-order valence-corrected chi connectivity index (χ3v) is 1.70. The molecule has 0 radical (unpaired) electrons. The van der Waals surface area contributed by atoms with Gasteiger partial charge in [-0.2, -0.15) is 13.2 Å². The van der Waals surface area contributed by atoms with Crippen LogP contribution in [-0.2, 0) is 4.79 Å². The molecule has 0 aliphatic carbocycles. The number of hydrogen-bond acceptors (Lipinski definition) is 2. The van der Waals surface area contributed by atoms with E-state index >= 15 is 0 Å². The van der Waals surface area contributed by atoms with Crippen molar-refractivity contribution < 1.29 is 18.0 Å². The second kappa shape index (κ2) is 2.93. The molecule has 70 valence electrons. The van der Waals surface area contributed by atoms with Crippen molar-refractivity contribution in [2.45, 2.75) is 25.6 Å². The molecule has 1 fully saturated rings. The smallest absolute Gasteiger partial charge is 0.278 e. The van der Waals surface area contributed by atoms with Crippen LogP contribution in [0.2, 0.25) is 0 Å². The number of hydrazine groups is 1. The zero-order valence-electron chi connectivity index (χ0n) is 6.48. The first-order chi connectivity index (χ1) is 5.45. The second-order valence-electron chi connectivity index (χ2n) is 2.57. The van der Waals surface area contributed by atoms with Crippen LogP contribution in [-0.4, -0.2) is 29.7 Å². The summed E-state index contributed by atoms with van der Waals surface area (Å²) in [5.74, 6) is -0.500. The normalized spacial score (nSPS) is 25.2. The third kappa shape index (κ3) is 1.69. The van der Waals surface area contributed by atoms with Crippen molar-refractivity contribution in [1.82, 2.24) is 10.4 Å². The topological polar surface area (TPSA) is 32.3 Å². The number of amides is 1. The Kier molecular flexibility index (Phi) is 2.27. The maximum absolute atomic E-state index is 12.0. The highest BCUT2D eigenvalue weighted by atomic mass is 19.4. The van der Waals surface area contributed by atoms with Crippen LogP contribution in [0.1, 0.15) is 13.3 Å². The highest BCUT2D eigenvalue weighted by molar-refractivity contribution is 5.78. The summed E-state index contributed by atoms with van der Waals surface area (Å²) >= 11 is 0. The van der Waals surface area contributed by atoms with E-state index in [0.717, 1.165) is 5.01 Å². The lowest BCUT2D eigenvalue weighted by Gasteiger charge is -2.17. The lowest BCUT2D eigenvalue weighted by Crippen LogP contribution is -2.43. The first-order valence-corrected chi connectivity index (χ1v) is 3.58. The Balaban J connectivity index is 2.60. The van der Waals surface area contributed by atoms with E-state index in [-0.39, 0.29) is 6.54 Å². The highest BCUT2D eigenvalue weighted by Crippen LogP contribution is 2.26. The number of nitrogens with one attached hydrogen (secondary N) is 1. The summed E-state index contributed by atoms with van der Waals surface area (Å²) in [4.78, 5) is 10.8. The molecule has 1 N–H and O–H groups in total. The molecule has 3 nitrogen and oxygen atoms in total. The first kappa shape index (κ1) is 9.31. The van der Waals surface area contributed by atoms with Gasteiger partial charge in [-0.3, -0.25) is 9.80 Å². The van der Waals surface area contributed by atoms with Crippen LogP contribution < -0.4 is 5.43 Å². The number of alkyl halides is 3.